The predicted molar refractivity (Wildman–Crippen MR) is 121 cm³/mol. The number of aromatic nitrogens is 2. The van der Waals surface area contributed by atoms with Gasteiger partial charge in [-0.25, -0.2) is 0 Å². The molecule has 28 heavy (non-hydrogen) atoms. The Morgan fingerprint density at radius 3 is 2.25 bits per heavy atom. The highest BCUT2D eigenvalue weighted by atomic mass is 15.3. The van der Waals surface area contributed by atoms with Crippen LogP contribution in [-0.2, 0) is 13.5 Å². The third-order valence-electron chi connectivity index (χ3n) is 5.43. The summed E-state index contributed by atoms with van der Waals surface area (Å²) in [5.74, 6) is 1.59. The van der Waals surface area contributed by atoms with Crippen molar-refractivity contribution in [1.29, 1.82) is 0 Å². The van der Waals surface area contributed by atoms with Gasteiger partial charge in [-0.1, -0.05) is 27.7 Å². The monoisotopic (exact) mass is 392 g/mol. The van der Waals surface area contributed by atoms with E-state index in [0.29, 0.717) is 12.0 Å². The molecule has 1 rings (SSSR count). The number of aliphatic imine (C=N–C) groups is 1. The SMILES string of the molecule is CCNC(=NCC(CC(C)C)N(CC)CC)NC(C)Cc1c(C)nn(C)c1C. The molecule has 6 heteroatoms. The molecule has 1 aromatic rings. The lowest BCUT2D eigenvalue weighted by molar-refractivity contribution is 0.196. The van der Waals surface area contributed by atoms with E-state index in [2.05, 4.69) is 76.0 Å². The van der Waals surface area contributed by atoms with Crippen LogP contribution in [0.4, 0.5) is 0 Å². The second kappa shape index (κ2) is 12.1. The second-order valence-corrected chi connectivity index (χ2v) is 8.25. The van der Waals surface area contributed by atoms with Gasteiger partial charge in [0.15, 0.2) is 5.96 Å². The van der Waals surface area contributed by atoms with Crippen molar-refractivity contribution in [3.8, 4) is 0 Å². The van der Waals surface area contributed by atoms with Crippen LogP contribution in [0.5, 0.6) is 0 Å². The summed E-state index contributed by atoms with van der Waals surface area (Å²) in [6, 6.07) is 0.778. The molecule has 1 heterocycles. The highest BCUT2D eigenvalue weighted by molar-refractivity contribution is 5.80. The van der Waals surface area contributed by atoms with Crippen LogP contribution in [0, 0.1) is 19.8 Å². The van der Waals surface area contributed by atoms with E-state index in [-0.39, 0.29) is 6.04 Å². The summed E-state index contributed by atoms with van der Waals surface area (Å²) in [7, 11) is 2.01. The summed E-state index contributed by atoms with van der Waals surface area (Å²) in [6.45, 7) is 21.5. The van der Waals surface area contributed by atoms with Crippen molar-refractivity contribution in [2.24, 2.45) is 18.0 Å². The molecule has 0 aliphatic rings. The molecule has 0 spiro atoms. The van der Waals surface area contributed by atoms with E-state index in [1.165, 1.54) is 17.7 Å². The average molecular weight is 393 g/mol. The Morgan fingerprint density at radius 1 is 1.14 bits per heavy atom. The highest BCUT2D eigenvalue weighted by Crippen LogP contribution is 2.14. The lowest BCUT2D eigenvalue weighted by Crippen LogP contribution is -2.45. The van der Waals surface area contributed by atoms with Crippen molar-refractivity contribution >= 4 is 5.96 Å². The Morgan fingerprint density at radius 2 is 1.79 bits per heavy atom. The van der Waals surface area contributed by atoms with Crippen LogP contribution >= 0.6 is 0 Å². The fourth-order valence-electron chi connectivity index (χ4n) is 3.84. The number of hydrogen-bond donors (Lipinski definition) is 2. The zero-order chi connectivity index (χ0) is 21.3. The molecule has 0 bridgehead atoms. The topological polar surface area (TPSA) is 57.5 Å². The van der Waals surface area contributed by atoms with Crippen molar-refractivity contribution in [1.82, 2.24) is 25.3 Å². The number of aryl methyl sites for hydroxylation is 2. The van der Waals surface area contributed by atoms with Gasteiger partial charge in [0.2, 0.25) is 0 Å². The van der Waals surface area contributed by atoms with Crippen molar-refractivity contribution in [3.63, 3.8) is 0 Å². The lowest BCUT2D eigenvalue weighted by Gasteiger charge is -2.30. The quantitative estimate of drug-likeness (QED) is 0.448. The molecule has 0 radical (unpaired) electrons. The molecule has 2 atom stereocenters. The summed E-state index contributed by atoms with van der Waals surface area (Å²) >= 11 is 0. The van der Waals surface area contributed by atoms with Gasteiger partial charge in [-0.15, -0.1) is 0 Å². The number of nitrogens with one attached hydrogen (secondary N) is 2. The summed E-state index contributed by atoms with van der Waals surface area (Å²) in [4.78, 5) is 7.47. The van der Waals surface area contributed by atoms with Crippen LogP contribution in [-0.4, -0.2) is 58.9 Å². The van der Waals surface area contributed by atoms with E-state index in [4.69, 9.17) is 4.99 Å². The van der Waals surface area contributed by atoms with Crippen molar-refractivity contribution < 1.29 is 0 Å². The van der Waals surface area contributed by atoms with E-state index in [0.717, 1.165) is 44.3 Å². The van der Waals surface area contributed by atoms with Crippen molar-refractivity contribution in [2.45, 2.75) is 80.3 Å². The predicted octanol–water partition coefficient (Wildman–Crippen LogP) is 3.28. The van der Waals surface area contributed by atoms with Crippen LogP contribution in [0.15, 0.2) is 4.99 Å². The smallest absolute Gasteiger partial charge is 0.191 e. The first-order valence-electron chi connectivity index (χ1n) is 11.0. The van der Waals surface area contributed by atoms with Crippen LogP contribution in [0.25, 0.3) is 0 Å². The fourth-order valence-corrected chi connectivity index (χ4v) is 3.84. The molecule has 162 valence electrons. The number of guanidine groups is 1. The highest BCUT2D eigenvalue weighted by Gasteiger charge is 2.18. The molecule has 6 nitrogen and oxygen atoms in total. The molecule has 0 saturated heterocycles. The number of hydrogen-bond acceptors (Lipinski definition) is 3. The Hall–Kier alpha value is -1.56. The van der Waals surface area contributed by atoms with Gasteiger partial charge in [0.1, 0.15) is 0 Å². The van der Waals surface area contributed by atoms with Gasteiger partial charge in [0, 0.05) is 31.4 Å². The average Bonchev–Trinajstić information content (AvgIpc) is 2.86. The third kappa shape index (κ3) is 7.46. The van der Waals surface area contributed by atoms with Crippen molar-refractivity contribution in [2.75, 3.05) is 26.2 Å². The molecule has 2 unspecified atom stereocenters. The van der Waals surface area contributed by atoms with E-state index in [1.807, 2.05) is 11.7 Å². The minimum absolute atomic E-state index is 0.288. The first kappa shape index (κ1) is 24.5. The van der Waals surface area contributed by atoms with Gasteiger partial charge in [-0.2, -0.15) is 5.10 Å². The van der Waals surface area contributed by atoms with Crippen LogP contribution in [0.3, 0.4) is 0 Å². The molecule has 0 aliphatic carbocycles. The van der Waals surface area contributed by atoms with Crippen LogP contribution in [0.1, 0.15) is 64.9 Å². The molecule has 1 aromatic heterocycles. The van der Waals surface area contributed by atoms with E-state index in [1.54, 1.807) is 0 Å². The number of nitrogens with zero attached hydrogens (tertiary/aromatic N) is 4. The summed E-state index contributed by atoms with van der Waals surface area (Å²) in [5, 5.41) is 11.6. The Bertz CT molecular complexity index is 600. The minimum atomic E-state index is 0.288. The van der Waals surface area contributed by atoms with Gasteiger partial charge in [-0.3, -0.25) is 14.6 Å². The third-order valence-corrected chi connectivity index (χ3v) is 5.43. The summed E-state index contributed by atoms with van der Waals surface area (Å²) in [5.41, 5.74) is 3.69. The van der Waals surface area contributed by atoms with Crippen LogP contribution < -0.4 is 10.6 Å². The molecular weight excluding hydrogens is 348 g/mol. The fraction of sp³-hybridized carbons (Fsp3) is 0.818. The molecule has 0 aliphatic heterocycles. The number of rotatable bonds is 11. The van der Waals surface area contributed by atoms with Gasteiger partial charge in [0.05, 0.1) is 12.2 Å². The van der Waals surface area contributed by atoms with E-state index in [9.17, 15) is 0 Å². The zero-order valence-corrected chi connectivity index (χ0v) is 19.8. The van der Waals surface area contributed by atoms with Gasteiger partial charge < -0.3 is 10.6 Å². The van der Waals surface area contributed by atoms with E-state index >= 15 is 0 Å². The second-order valence-electron chi connectivity index (χ2n) is 8.25. The molecule has 0 amide bonds. The van der Waals surface area contributed by atoms with E-state index < -0.39 is 0 Å². The molecule has 0 saturated carbocycles. The maximum absolute atomic E-state index is 4.95. The van der Waals surface area contributed by atoms with Gasteiger partial charge >= 0.3 is 0 Å². The summed E-state index contributed by atoms with van der Waals surface area (Å²) < 4.78 is 1.97. The molecule has 0 fully saturated rings. The zero-order valence-electron chi connectivity index (χ0n) is 19.8. The summed E-state index contributed by atoms with van der Waals surface area (Å²) in [6.07, 6.45) is 2.12. The molecular formula is C22H44N6. The first-order valence-corrected chi connectivity index (χ1v) is 11.0. The van der Waals surface area contributed by atoms with Gasteiger partial charge in [-0.05, 0) is 65.1 Å². The number of likely N-dealkylation sites (N-methyl/N-ethyl adjacent to an activating group) is 1. The molecule has 2 N–H and O–H groups in total. The van der Waals surface area contributed by atoms with Crippen LogP contribution in [0.2, 0.25) is 0 Å². The normalized spacial score (nSPS) is 14.6. The first-order chi connectivity index (χ1) is 13.2. The molecule has 0 aromatic carbocycles. The van der Waals surface area contributed by atoms with Crippen molar-refractivity contribution in [3.05, 3.63) is 17.0 Å². The maximum atomic E-state index is 4.95. The Kier molecular flexibility index (Phi) is 10.6. The lowest BCUT2D eigenvalue weighted by atomic mass is 10.0. The standard InChI is InChI=1S/C22H44N6/c1-10-23-22(24-15-20(13-16(4)5)28(11-2)12-3)25-17(6)14-21-18(7)26-27(9)19(21)8/h16-17,20H,10-15H2,1-9H3,(H2,23,24,25). The minimum Gasteiger partial charge on any atom is -0.357 e. The largest absolute Gasteiger partial charge is 0.357 e. The van der Waals surface area contributed by atoms with Gasteiger partial charge in [0.25, 0.3) is 0 Å². The Labute approximate surface area is 173 Å². The Balaban J connectivity index is 2.83. The maximum Gasteiger partial charge on any atom is 0.191 e.